The summed E-state index contributed by atoms with van der Waals surface area (Å²) in [5, 5.41) is 23.6. The second-order valence-electron chi connectivity index (χ2n) is 6.95. The first-order valence-electron chi connectivity index (χ1n) is 8.30. The Labute approximate surface area is 122 Å². The number of rotatable bonds is 7. The van der Waals surface area contributed by atoms with E-state index in [0.29, 0.717) is 31.7 Å². The first-order chi connectivity index (χ1) is 9.57. The van der Waals surface area contributed by atoms with Gasteiger partial charge in [0.25, 0.3) is 0 Å². The van der Waals surface area contributed by atoms with Gasteiger partial charge in [-0.3, -0.25) is 0 Å². The average molecular weight is 285 g/mol. The maximum Gasteiger partial charge on any atom is 0.0897 e. The normalized spacial score (nSPS) is 33.5. The molecule has 0 aromatic rings. The molecule has 0 aliphatic heterocycles. The summed E-state index contributed by atoms with van der Waals surface area (Å²) in [5.41, 5.74) is -0.580. The van der Waals surface area contributed by atoms with Gasteiger partial charge < -0.3 is 20.3 Å². The molecule has 2 aliphatic rings. The third kappa shape index (κ3) is 5.32. The molecule has 0 bridgehead atoms. The lowest BCUT2D eigenvalue weighted by atomic mass is 9.79. The molecule has 0 saturated heterocycles. The summed E-state index contributed by atoms with van der Waals surface area (Å²) in [6.45, 7) is 3.70. The summed E-state index contributed by atoms with van der Waals surface area (Å²) in [5.74, 6) is 0.603. The molecular weight excluding hydrogens is 254 g/mol. The van der Waals surface area contributed by atoms with E-state index in [-0.39, 0.29) is 0 Å². The summed E-state index contributed by atoms with van der Waals surface area (Å²) < 4.78 is 5.70. The fourth-order valence-electron chi connectivity index (χ4n) is 3.63. The van der Waals surface area contributed by atoms with Crippen LogP contribution >= 0.6 is 0 Å². The van der Waals surface area contributed by atoms with Crippen molar-refractivity contribution in [1.29, 1.82) is 0 Å². The predicted octanol–water partition coefficient (Wildman–Crippen LogP) is 1.84. The Balaban J connectivity index is 1.57. The van der Waals surface area contributed by atoms with Crippen molar-refractivity contribution in [3.63, 3.8) is 0 Å². The Bertz CT molecular complexity index is 281. The van der Waals surface area contributed by atoms with Crippen LogP contribution in [0.3, 0.4) is 0 Å². The molecule has 4 nitrogen and oxygen atoms in total. The highest BCUT2D eigenvalue weighted by Crippen LogP contribution is 2.31. The van der Waals surface area contributed by atoms with Crippen molar-refractivity contribution in [2.24, 2.45) is 5.92 Å². The maximum atomic E-state index is 10.5. The largest absolute Gasteiger partial charge is 0.389 e. The Kier molecular flexibility index (Phi) is 6.27. The predicted molar refractivity (Wildman–Crippen MR) is 79.7 cm³/mol. The molecule has 0 radical (unpaired) electrons. The fraction of sp³-hybridized carbons (Fsp3) is 1.00. The van der Waals surface area contributed by atoms with E-state index in [1.165, 1.54) is 19.3 Å². The van der Waals surface area contributed by atoms with Crippen molar-refractivity contribution >= 4 is 0 Å². The molecule has 3 unspecified atom stereocenters. The third-order valence-electron chi connectivity index (χ3n) is 4.73. The summed E-state index contributed by atoms with van der Waals surface area (Å²) >= 11 is 0. The van der Waals surface area contributed by atoms with Crippen LogP contribution in [0.4, 0.5) is 0 Å². The van der Waals surface area contributed by atoms with E-state index in [4.69, 9.17) is 4.74 Å². The van der Waals surface area contributed by atoms with Crippen LogP contribution in [0, 0.1) is 5.92 Å². The van der Waals surface area contributed by atoms with Gasteiger partial charge in [0.05, 0.1) is 24.4 Å². The fourth-order valence-corrected chi connectivity index (χ4v) is 3.63. The minimum absolute atomic E-state index is 0.355. The van der Waals surface area contributed by atoms with E-state index in [0.717, 1.165) is 32.1 Å². The van der Waals surface area contributed by atoms with Gasteiger partial charge in [-0.2, -0.15) is 0 Å². The Morgan fingerprint density at radius 1 is 1.25 bits per heavy atom. The van der Waals surface area contributed by atoms with Gasteiger partial charge in [0.2, 0.25) is 0 Å². The SMILES string of the molecule is CC1CCCC(O)(CNCC(O)COC2CCCC2)C1. The molecular formula is C16H31NO3. The molecule has 0 aromatic heterocycles. The molecule has 0 amide bonds. The van der Waals surface area contributed by atoms with Crippen LogP contribution in [0.25, 0.3) is 0 Å². The van der Waals surface area contributed by atoms with Gasteiger partial charge in [-0.1, -0.05) is 32.6 Å². The van der Waals surface area contributed by atoms with Crippen LogP contribution in [0.2, 0.25) is 0 Å². The molecule has 2 aliphatic carbocycles. The lowest BCUT2D eigenvalue weighted by molar-refractivity contribution is -0.0234. The first-order valence-corrected chi connectivity index (χ1v) is 8.30. The van der Waals surface area contributed by atoms with Gasteiger partial charge in [0, 0.05) is 13.1 Å². The smallest absolute Gasteiger partial charge is 0.0897 e. The lowest BCUT2D eigenvalue weighted by Gasteiger charge is -2.36. The van der Waals surface area contributed by atoms with Crippen LogP contribution in [0.15, 0.2) is 0 Å². The molecule has 2 saturated carbocycles. The van der Waals surface area contributed by atoms with E-state index in [1.807, 2.05) is 0 Å². The second kappa shape index (κ2) is 7.74. The minimum atomic E-state index is -0.580. The molecule has 2 rings (SSSR count). The summed E-state index contributed by atoms with van der Waals surface area (Å²) in [7, 11) is 0. The van der Waals surface area contributed by atoms with Crippen LogP contribution in [-0.2, 0) is 4.74 Å². The first kappa shape index (κ1) is 16.2. The lowest BCUT2D eigenvalue weighted by Crippen LogP contribution is -2.46. The number of ether oxygens (including phenoxy) is 1. The van der Waals surface area contributed by atoms with Crippen molar-refractivity contribution in [3.8, 4) is 0 Å². The van der Waals surface area contributed by atoms with E-state index < -0.39 is 11.7 Å². The van der Waals surface area contributed by atoms with Gasteiger partial charge in [0.1, 0.15) is 0 Å². The topological polar surface area (TPSA) is 61.7 Å². The van der Waals surface area contributed by atoms with Gasteiger partial charge in [-0.15, -0.1) is 0 Å². The van der Waals surface area contributed by atoms with Crippen molar-refractivity contribution in [2.45, 2.75) is 76.1 Å². The number of aliphatic hydroxyl groups is 2. The number of hydrogen-bond acceptors (Lipinski definition) is 4. The maximum absolute atomic E-state index is 10.5. The number of aliphatic hydroxyl groups excluding tert-OH is 1. The molecule has 3 N–H and O–H groups in total. The third-order valence-corrected chi connectivity index (χ3v) is 4.73. The van der Waals surface area contributed by atoms with E-state index in [1.54, 1.807) is 0 Å². The molecule has 20 heavy (non-hydrogen) atoms. The van der Waals surface area contributed by atoms with E-state index in [2.05, 4.69) is 12.2 Å². The van der Waals surface area contributed by atoms with Crippen molar-refractivity contribution in [3.05, 3.63) is 0 Å². The number of nitrogens with one attached hydrogen (secondary N) is 1. The van der Waals surface area contributed by atoms with Gasteiger partial charge in [-0.25, -0.2) is 0 Å². The molecule has 118 valence electrons. The Morgan fingerprint density at radius 3 is 2.70 bits per heavy atom. The van der Waals surface area contributed by atoms with Gasteiger partial charge in [0.15, 0.2) is 0 Å². The van der Waals surface area contributed by atoms with Crippen molar-refractivity contribution in [1.82, 2.24) is 5.32 Å². The Morgan fingerprint density at radius 2 is 2.00 bits per heavy atom. The zero-order chi connectivity index (χ0) is 14.4. The molecule has 0 heterocycles. The molecule has 0 aromatic carbocycles. The summed E-state index contributed by atoms with van der Waals surface area (Å²) in [4.78, 5) is 0. The standard InChI is InChI=1S/C16H31NO3/c1-13-5-4-8-16(19,9-13)12-17-10-14(18)11-20-15-6-2-3-7-15/h13-15,17-19H,2-12H2,1H3. The highest BCUT2D eigenvalue weighted by molar-refractivity contribution is 4.87. The summed E-state index contributed by atoms with van der Waals surface area (Å²) in [6.07, 6.45) is 8.73. The van der Waals surface area contributed by atoms with Crippen LogP contribution in [0.1, 0.15) is 58.3 Å². The van der Waals surface area contributed by atoms with Crippen LogP contribution in [-0.4, -0.2) is 47.7 Å². The highest BCUT2D eigenvalue weighted by atomic mass is 16.5. The molecule has 3 atom stereocenters. The van der Waals surface area contributed by atoms with Crippen LogP contribution < -0.4 is 5.32 Å². The average Bonchev–Trinajstić information content (AvgIpc) is 2.89. The van der Waals surface area contributed by atoms with Crippen molar-refractivity contribution < 1.29 is 14.9 Å². The minimum Gasteiger partial charge on any atom is -0.389 e. The summed E-state index contributed by atoms with van der Waals surface area (Å²) in [6, 6.07) is 0. The zero-order valence-electron chi connectivity index (χ0n) is 12.8. The molecule has 4 heteroatoms. The second-order valence-corrected chi connectivity index (χ2v) is 6.95. The zero-order valence-corrected chi connectivity index (χ0v) is 12.8. The van der Waals surface area contributed by atoms with Crippen LogP contribution in [0.5, 0.6) is 0 Å². The van der Waals surface area contributed by atoms with Gasteiger partial charge in [-0.05, 0) is 31.6 Å². The molecule has 0 spiro atoms. The van der Waals surface area contributed by atoms with E-state index in [9.17, 15) is 10.2 Å². The quantitative estimate of drug-likeness (QED) is 0.668. The highest BCUT2D eigenvalue weighted by Gasteiger charge is 2.32. The van der Waals surface area contributed by atoms with E-state index >= 15 is 0 Å². The van der Waals surface area contributed by atoms with Gasteiger partial charge >= 0.3 is 0 Å². The molecule has 2 fully saturated rings. The monoisotopic (exact) mass is 285 g/mol. The number of hydrogen-bond donors (Lipinski definition) is 3. The Hall–Kier alpha value is -0.160. The van der Waals surface area contributed by atoms with Crippen molar-refractivity contribution in [2.75, 3.05) is 19.7 Å².